The van der Waals surface area contributed by atoms with Crippen LogP contribution in [0.1, 0.15) is 13.8 Å². The van der Waals surface area contributed by atoms with Gasteiger partial charge in [0.1, 0.15) is 0 Å². The van der Waals surface area contributed by atoms with E-state index in [0.29, 0.717) is 0 Å². The largest absolute Gasteiger partial charge is 0.476 e. The average molecular weight is 401 g/mol. The summed E-state index contributed by atoms with van der Waals surface area (Å²) in [5.41, 5.74) is 0. The van der Waals surface area contributed by atoms with Crippen LogP contribution in [0.15, 0.2) is 12.0 Å². The van der Waals surface area contributed by atoms with E-state index >= 15 is 0 Å². The van der Waals surface area contributed by atoms with E-state index in [1.807, 2.05) is 0 Å². The molecule has 0 saturated heterocycles. The van der Waals surface area contributed by atoms with Crippen LogP contribution in [0.2, 0.25) is 0 Å². The van der Waals surface area contributed by atoms with Crippen LogP contribution in [-0.2, 0) is 9.47 Å². The Morgan fingerprint density at radius 1 is 1.40 bits per heavy atom. The van der Waals surface area contributed by atoms with Gasteiger partial charge in [0.25, 0.3) is 5.79 Å². The minimum Gasteiger partial charge on any atom is -0.476 e. The van der Waals surface area contributed by atoms with Crippen LogP contribution >= 0.6 is 0 Å². The summed E-state index contributed by atoms with van der Waals surface area (Å²) in [5.74, 6) is -1.84. The Morgan fingerprint density at radius 3 is 2.00 bits per heavy atom. The third-order valence-electron chi connectivity index (χ3n) is 0.846. The molecule has 0 aromatic heterocycles. The van der Waals surface area contributed by atoms with Gasteiger partial charge in [0.15, 0.2) is 0 Å². The molecule has 0 aliphatic carbocycles. The number of hydrogen-bond donors (Lipinski definition) is 1. The van der Waals surface area contributed by atoms with Crippen molar-refractivity contribution in [2.45, 2.75) is 19.6 Å². The van der Waals surface area contributed by atoms with Crippen molar-refractivity contribution in [2.24, 2.45) is 0 Å². The Labute approximate surface area is 51.7 Å². The van der Waals surface area contributed by atoms with Gasteiger partial charge in [-0.1, -0.05) is 0 Å². The van der Waals surface area contributed by atoms with Crippen molar-refractivity contribution < 1.29 is 19.0 Å². The maximum atomic E-state index is 12.1. The molecule has 1 aliphatic rings. The number of rotatable bonds is 0. The van der Waals surface area contributed by atoms with E-state index in [9.17, 15) is 4.39 Å². The summed E-state index contributed by atoms with van der Waals surface area (Å²) >= 11 is 0. The van der Waals surface area contributed by atoms with Gasteiger partial charge < -0.3 is 14.6 Å². The normalized spacial score (nSPS) is 21.1. The molecular formula is C5H7FO3Rf. The molecule has 0 fully saturated rings. The van der Waals surface area contributed by atoms with Gasteiger partial charge in [0, 0.05) is 13.8 Å². The third-order valence-corrected chi connectivity index (χ3v) is 0.846. The first-order valence-corrected chi connectivity index (χ1v) is 2.48. The Bertz CT molecular complexity index is 150. The molecule has 0 amide bonds. The van der Waals surface area contributed by atoms with E-state index in [0.717, 1.165) is 0 Å². The minimum atomic E-state index is -1.06. The van der Waals surface area contributed by atoms with Crippen LogP contribution < -0.4 is 0 Å². The summed E-state index contributed by atoms with van der Waals surface area (Å²) in [4.78, 5) is 0. The first-order chi connectivity index (χ1) is 4.01. The van der Waals surface area contributed by atoms with Gasteiger partial charge in [-0.15, -0.1) is 0 Å². The first-order valence-electron chi connectivity index (χ1n) is 2.48. The predicted molar refractivity (Wildman–Crippen MR) is 27.0 cm³/mol. The predicted octanol–water partition coefficient (Wildman–Crippen LogP) is 1.42. The Hall–Kier alpha value is -1.93. The molecule has 0 aromatic rings. The Balaban J connectivity index is 0.000000810. The van der Waals surface area contributed by atoms with Crippen molar-refractivity contribution in [1.29, 1.82) is 0 Å². The van der Waals surface area contributed by atoms with Crippen molar-refractivity contribution in [3.63, 3.8) is 0 Å². The van der Waals surface area contributed by atoms with E-state index < -0.39 is 17.7 Å². The third kappa shape index (κ3) is 1.07. The second-order valence-corrected chi connectivity index (χ2v) is 2.18. The summed E-state index contributed by atoms with van der Waals surface area (Å²) in [7, 11) is 0. The van der Waals surface area contributed by atoms with Gasteiger partial charge in [0.2, 0.25) is 0 Å². The summed E-state index contributed by atoms with van der Waals surface area (Å²) in [6.45, 7) is 2.99. The monoisotopic (exact) mass is 401 g/mol. The topological polar surface area (TPSA) is 38.7 Å². The molecule has 54 valence electrons. The van der Waals surface area contributed by atoms with Crippen LogP contribution in [-0.4, -0.2) is 10.9 Å². The van der Waals surface area contributed by atoms with Crippen molar-refractivity contribution in [1.82, 2.24) is 0 Å². The standard InChI is InChI=1S/C5H7FO3.Rf/c1-5(2)8-3(6)4(7)9-5;/h7H,1-2H3;. The van der Waals surface area contributed by atoms with Crippen molar-refractivity contribution in [3.05, 3.63) is 12.0 Å². The number of aliphatic hydroxyl groups is 1. The number of halogens is 1. The molecule has 1 N–H and O–H groups in total. The Kier molecular flexibility index (Phi) is 1.44. The van der Waals surface area contributed by atoms with E-state index in [2.05, 4.69) is 9.47 Å². The molecule has 5 heteroatoms. The van der Waals surface area contributed by atoms with E-state index in [1.165, 1.54) is 13.8 Å². The van der Waals surface area contributed by atoms with Crippen molar-refractivity contribution in [2.75, 3.05) is 0 Å². The van der Waals surface area contributed by atoms with E-state index in [1.54, 1.807) is 0 Å². The van der Waals surface area contributed by atoms with Crippen LogP contribution in [0.4, 0.5) is 4.39 Å². The first kappa shape index (κ1) is 8.07. The average Bonchev–Trinajstić information content (AvgIpc) is 1.79. The number of ether oxygens (including phenoxy) is 2. The van der Waals surface area contributed by atoms with Gasteiger partial charge in [-0.05, 0) is 0 Å². The fraction of sp³-hybridized carbons (Fsp3) is 0.600. The molecule has 1 aliphatic heterocycles. The fourth-order valence-electron chi connectivity index (χ4n) is 0.553. The summed E-state index contributed by atoms with van der Waals surface area (Å²) in [5, 5.41) is 8.49. The van der Waals surface area contributed by atoms with Gasteiger partial charge in [0.05, 0.1) is 0 Å². The molecule has 0 aromatic carbocycles. The molecule has 3 nitrogen and oxygen atoms in total. The van der Waals surface area contributed by atoms with Gasteiger partial charge >= 0.3 is 12.0 Å². The second-order valence-electron chi connectivity index (χ2n) is 2.18. The minimum absolute atomic E-state index is 0. The summed E-state index contributed by atoms with van der Waals surface area (Å²) in [6, 6.07) is -1.06. The SMILES string of the molecule is CC1(C)OC(O)=C(F)O1.[Rf]. The maximum absolute atomic E-state index is 12.1. The number of aliphatic hydroxyl groups excluding tert-OH is 1. The smallest absolute Gasteiger partial charge is 0.358 e. The van der Waals surface area contributed by atoms with Crippen LogP contribution in [0, 0.1) is 0 Å². The van der Waals surface area contributed by atoms with Gasteiger partial charge in [-0.3, -0.25) is 0 Å². The zero-order chi connectivity index (χ0) is 7.07. The molecule has 1 rings (SSSR count). The molecule has 0 spiro atoms. The summed E-state index contributed by atoms with van der Waals surface area (Å²) in [6.07, 6.45) is 0. The van der Waals surface area contributed by atoms with Crippen LogP contribution in [0.3, 0.4) is 0 Å². The molecule has 0 saturated carbocycles. The van der Waals surface area contributed by atoms with Crippen LogP contribution in [0.5, 0.6) is 0 Å². The van der Waals surface area contributed by atoms with Crippen molar-refractivity contribution in [3.8, 4) is 0 Å². The molecule has 0 unspecified atom stereocenters. The molecule has 10 heavy (non-hydrogen) atoms. The zero-order valence-corrected chi connectivity index (χ0v) is 12.2. The molecule has 1 heterocycles. The maximum Gasteiger partial charge on any atom is 0.358 e. The van der Waals surface area contributed by atoms with Crippen LogP contribution in [0.25, 0.3) is 0 Å². The zero-order valence-electron chi connectivity index (χ0n) is 5.85. The molecule has 0 atom stereocenters. The van der Waals surface area contributed by atoms with E-state index in [4.69, 9.17) is 5.11 Å². The summed E-state index contributed by atoms with van der Waals surface area (Å²) < 4.78 is 21.0. The fourth-order valence-corrected chi connectivity index (χ4v) is 0.553. The second kappa shape index (κ2) is 1.79. The van der Waals surface area contributed by atoms with Crippen molar-refractivity contribution >= 4 is 0 Å². The van der Waals surface area contributed by atoms with E-state index in [-0.39, 0.29) is 0 Å². The molecule has 0 bridgehead atoms. The molecule has 0 radical (unpaired) electrons. The van der Waals surface area contributed by atoms with Gasteiger partial charge in [-0.2, -0.15) is 4.39 Å². The number of hydrogen-bond acceptors (Lipinski definition) is 3. The molecular weight excluding hydrogens is 394 g/mol. The Morgan fingerprint density at radius 2 is 1.90 bits per heavy atom. The quantitative estimate of drug-likeness (QED) is 0.668. The van der Waals surface area contributed by atoms with Gasteiger partial charge in [-0.25, -0.2) is 0 Å².